The molecule has 0 saturated carbocycles. The van der Waals surface area contributed by atoms with Crippen molar-refractivity contribution in [2.45, 2.75) is 26.3 Å². The van der Waals surface area contributed by atoms with Crippen LogP contribution in [0.3, 0.4) is 0 Å². The fourth-order valence-electron chi connectivity index (χ4n) is 2.79. The molecule has 1 amide bonds. The molecule has 29 heavy (non-hydrogen) atoms. The Balaban J connectivity index is 1.82. The van der Waals surface area contributed by atoms with Gasteiger partial charge in [-0.15, -0.1) is 0 Å². The van der Waals surface area contributed by atoms with Crippen molar-refractivity contribution >= 4 is 46.3 Å². The minimum absolute atomic E-state index is 0.0581. The largest absolute Gasteiger partial charge is 0.493 e. The van der Waals surface area contributed by atoms with Gasteiger partial charge in [-0.05, 0) is 49.2 Å². The molecule has 3 rings (SSSR count). The molecule has 0 aromatic heterocycles. The third-order valence-corrected chi connectivity index (χ3v) is 5.88. The van der Waals surface area contributed by atoms with Crippen molar-refractivity contribution in [2.75, 3.05) is 7.11 Å². The van der Waals surface area contributed by atoms with Crippen LogP contribution in [-0.2, 0) is 4.79 Å². The smallest absolute Gasteiger partial charge is 0.343 e. The highest BCUT2D eigenvalue weighted by Gasteiger charge is 2.34. The summed E-state index contributed by atoms with van der Waals surface area (Å²) in [7, 11) is 1.50. The second-order valence-corrected chi connectivity index (χ2v) is 8.15. The van der Waals surface area contributed by atoms with Crippen LogP contribution in [0.25, 0.3) is 6.08 Å². The Morgan fingerprint density at radius 1 is 1.21 bits per heavy atom. The van der Waals surface area contributed by atoms with E-state index in [1.165, 1.54) is 18.9 Å². The Morgan fingerprint density at radius 2 is 1.93 bits per heavy atom. The monoisotopic (exact) mass is 427 g/mol. The van der Waals surface area contributed by atoms with E-state index in [9.17, 15) is 9.59 Å². The summed E-state index contributed by atoms with van der Waals surface area (Å²) in [6, 6.07) is 13.9. The van der Waals surface area contributed by atoms with Gasteiger partial charge >= 0.3 is 5.97 Å². The molecule has 1 aliphatic heterocycles. The van der Waals surface area contributed by atoms with Crippen LogP contribution in [-0.4, -0.2) is 34.2 Å². The topological polar surface area (TPSA) is 55.8 Å². The molecule has 7 heteroatoms. The average Bonchev–Trinajstić information content (AvgIpc) is 3.02. The Bertz CT molecular complexity index is 972. The molecule has 5 nitrogen and oxygen atoms in total. The summed E-state index contributed by atoms with van der Waals surface area (Å²) < 4.78 is 11.4. The van der Waals surface area contributed by atoms with Gasteiger partial charge in [0.15, 0.2) is 11.5 Å². The van der Waals surface area contributed by atoms with Gasteiger partial charge in [0, 0.05) is 6.04 Å². The molecule has 0 N–H and O–H groups in total. The molecular formula is C22H21NO4S2. The summed E-state index contributed by atoms with van der Waals surface area (Å²) in [6.07, 6.45) is 2.60. The summed E-state index contributed by atoms with van der Waals surface area (Å²) >= 11 is 6.65. The van der Waals surface area contributed by atoms with Crippen molar-refractivity contribution in [3.63, 3.8) is 0 Å². The number of benzene rings is 2. The molecule has 1 aliphatic rings. The number of methoxy groups -OCH3 is 1. The van der Waals surface area contributed by atoms with Gasteiger partial charge in [-0.1, -0.05) is 55.2 Å². The number of ether oxygens (including phenoxy) is 2. The minimum Gasteiger partial charge on any atom is -0.493 e. The van der Waals surface area contributed by atoms with E-state index in [1.807, 2.05) is 19.9 Å². The third kappa shape index (κ3) is 4.68. The first kappa shape index (κ1) is 21.1. The second kappa shape index (κ2) is 9.24. The van der Waals surface area contributed by atoms with Gasteiger partial charge in [-0.25, -0.2) is 4.79 Å². The Hall–Kier alpha value is -2.64. The van der Waals surface area contributed by atoms with Crippen molar-refractivity contribution in [1.29, 1.82) is 0 Å². The third-order valence-electron chi connectivity index (χ3n) is 4.55. The van der Waals surface area contributed by atoms with Crippen LogP contribution in [0.15, 0.2) is 53.4 Å². The summed E-state index contributed by atoms with van der Waals surface area (Å²) in [5.74, 6) is 0.157. The Morgan fingerprint density at radius 3 is 2.59 bits per heavy atom. The average molecular weight is 428 g/mol. The Labute approximate surface area is 179 Å². The van der Waals surface area contributed by atoms with Gasteiger partial charge in [0.2, 0.25) is 0 Å². The molecule has 150 valence electrons. The summed E-state index contributed by atoms with van der Waals surface area (Å²) in [5.41, 5.74) is 1.21. The number of nitrogens with zero attached hydrogens (tertiary/aromatic N) is 1. The maximum atomic E-state index is 12.7. The maximum Gasteiger partial charge on any atom is 0.343 e. The van der Waals surface area contributed by atoms with Gasteiger partial charge in [0.05, 0.1) is 17.6 Å². The van der Waals surface area contributed by atoms with E-state index in [2.05, 4.69) is 0 Å². The molecule has 0 unspecified atom stereocenters. The highest BCUT2D eigenvalue weighted by atomic mass is 32.2. The van der Waals surface area contributed by atoms with Gasteiger partial charge in [-0.2, -0.15) is 0 Å². The maximum absolute atomic E-state index is 12.7. The zero-order chi connectivity index (χ0) is 21.0. The van der Waals surface area contributed by atoms with Crippen LogP contribution < -0.4 is 9.47 Å². The molecule has 2 aromatic rings. The zero-order valence-electron chi connectivity index (χ0n) is 16.4. The number of thioether (sulfide) groups is 1. The molecule has 1 atom stereocenters. The van der Waals surface area contributed by atoms with E-state index in [0.29, 0.717) is 26.3 Å². The first-order valence-corrected chi connectivity index (χ1v) is 10.4. The number of amides is 1. The number of rotatable bonds is 6. The standard InChI is InChI=1S/C22H21NO4S2/c1-4-14(2)23-20(24)19(29-22(23)28)13-15-10-11-17(18(12-15)26-3)27-21(25)16-8-6-5-7-9-16/h5-14H,4H2,1-3H3/b19-13-/t14-/m1/s1. The zero-order valence-corrected chi connectivity index (χ0v) is 18.0. The molecule has 0 aliphatic carbocycles. The lowest BCUT2D eigenvalue weighted by Gasteiger charge is -2.21. The summed E-state index contributed by atoms with van der Waals surface area (Å²) in [5, 5.41) is 0. The highest BCUT2D eigenvalue weighted by Crippen LogP contribution is 2.36. The van der Waals surface area contributed by atoms with Crippen LogP contribution in [0.2, 0.25) is 0 Å². The SMILES string of the molecule is CC[C@@H](C)N1C(=O)/C(=C/c2ccc(OC(=O)c3ccccc3)c(OC)c2)SC1=S. The number of thiocarbonyl (C=S) groups is 1. The summed E-state index contributed by atoms with van der Waals surface area (Å²) in [6.45, 7) is 4.00. The molecule has 0 radical (unpaired) electrons. The number of hydrogen-bond donors (Lipinski definition) is 0. The van der Waals surface area contributed by atoms with Crippen LogP contribution in [0.1, 0.15) is 36.2 Å². The first-order valence-electron chi connectivity index (χ1n) is 9.17. The minimum atomic E-state index is -0.467. The van der Waals surface area contributed by atoms with Gasteiger partial charge in [-0.3, -0.25) is 9.69 Å². The van der Waals surface area contributed by atoms with E-state index in [4.69, 9.17) is 21.7 Å². The van der Waals surface area contributed by atoms with Gasteiger partial charge in [0.25, 0.3) is 5.91 Å². The van der Waals surface area contributed by atoms with Crippen molar-refractivity contribution < 1.29 is 19.1 Å². The van der Waals surface area contributed by atoms with Crippen molar-refractivity contribution in [3.8, 4) is 11.5 Å². The fraction of sp³-hybridized carbons (Fsp3) is 0.227. The van der Waals surface area contributed by atoms with Gasteiger partial charge < -0.3 is 9.47 Å². The fourth-order valence-corrected chi connectivity index (χ4v) is 4.25. The summed E-state index contributed by atoms with van der Waals surface area (Å²) in [4.78, 5) is 27.2. The predicted octanol–water partition coefficient (Wildman–Crippen LogP) is 4.91. The van der Waals surface area contributed by atoms with Crippen molar-refractivity contribution in [1.82, 2.24) is 4.90 Å². The van der Waals surface area contributed by atoms with Crippen LogP contribution >= 0.6 is 24.0 Å². The molecule has 1 fully saturated rings. The van der Waals surface area contributed by atoms with Crippen LogP contribution in [0.4, 0.5) is 0 Å². The lowest BCUT2D eigenvalue weighted by molar-refractivity contribution is -0.123. The Kier molecular flexibility index (Phi) is 6.71. The number of hydrogen-bond acceptors (Lipinski definition) is 6. The molecular weight excluding hydrogens is 406 g/mol. The van der Waals surface area contributed by atoms with E-state index in [1.54, 1.807) is 53.4 Å². The van der Waals surface area contributed by atoms with E-state index in [0.717, 1.165) is 12.0 Å². The second-order valence-electron chi connectivity index (χ2n) is 6.47. The highest BCUT2D eigenvalue weighted by molar-refractivity contribution is 8.26. The molecule has 1 saturated heterocycles. The van der Waals surface area contributed by atoms with Gasteiger partial charge in [0.1, 0.15) is 4.32 Å². The molecule has 2 aromatic carbocycles. The van der Waals surface area contributed by atoms with Crippen molar-refractivity contribution in [3.05, 3.63) is 64.6 Å². The number of carbonyl (C=O) groups excluding carboxylic acids is 2. The lowest BCUT2D eigenvalue weighted by atomic mass is 10.1. The number of esters is 1. The lowest BCUT2D eigenvalue weighted by Crippen LogP contribution is -2.36. The predicted molar refractivity (Wildman–Crippen MR) is 119 cm³/mol. The van der Waals surface area contributed by atoms with E-state index in [-0.39, 0.29) is 11.9 Å². The first-order chi connectivity index (χ1) is 13.9. The molecule has 0 bridgehead atoms. The van der Waals surface area contributed by atoms with Crippen LogP contribution in [0.5, 0.6) is 11.5 Å². The number of carbonyl (C=O) groups is 2. The van der Waals surface area contributed by atoms with Crippen LogP contribution in [0, 0.1) is 0 Å². The molecule has 1 heterocycles. The molecule has 0 spiro atoms. The quantitative estimate of drug-likeness (QED) is 0.282. The van der Waals surface area contributed by atoms with Crippen molar-refractivity contribution in [2.24, 2.45) is 0 Å². The normalized spacial score (nSPS) is 16.2. The van der Waals surface area contributed by atoms with E-state index < -0.39 is 5.97 Å². The van der Waals surface area contributed by atoms with E-state index >= 15 is 0 Å².